The zero-order valence-corrected chi connectivity index (χ0v) is 6.30. The molecule has 0 bridgehead atoms. The summed E-state index contributed by atoms with van der Waals surface area (Å²) in [6.45, 7) is 0. The quantitative estimate of drug-likeness (QED) is 0.736. The van der Waals surface area contributed by atoms with Crippen LogP contribution in [0.1, 0.15) is 12.0 Å². The molecular weight excluding hydrogens is 168 g/mol. The summed E-state index contributed by atoms with van der Waals surface area (Å²) in [5, 5.41) is 0. The van der Waals surface area contributed by atoms with Crippen LogP contribution in [0.5, 0.6) is 5.88 Å². The Kier molecular flexibility index (Phi) is 2.42. The molecule has 0 amide bonds. The van der Waals surface area contributed by atoms with Gasteiger partial charge in [-0.1, -0.05) is 0 Å². The number of nitrogens with one attached hydrogen (secondary N) is 1. The lowest BCUT2D eigenvalue weighted by Crippen LogP contribution is -2.07. The molecule has 0 aliphatic rings. The predicted molar refractivity (Wildman–Crippen MR) is 38.6 cm³/mol. The number of aromatic nitrogens is 1. The fourth-order valence-corrected chi connectivity index (χ4v) is 0.774. The van der Waals surface area contributed by atoms with Gasteiger partial charge in [-0.2, -0.15) is 0 Å². The van der Waals surface area contributed by atoms with Crippen LogP contribution in [0.25, 0.3) is 0 Å². The van der Waals surface area contributed by atoms with Crippen LogP contribution in [0.15, 0.2) is 16.9 Å². The van der Waals surface area contributed by atoms with Gasteiger partial charge < -0.3 is 4.74 Å². The maximum Gasteiger partial charge on any atom is 0.264 e. The minimum atomic E-state index is -2.65. The zero-order valence-electron chi connectivity index (χ0n) is 6.30. The molecule has 1 aromatic rings. The normalized spacial score (nSPS) is 10.3. The van der Waals surface area contributed by atoms with E-state index in [1.54, 1.807) is 0 Å². The van der Waals surface area contributed by atoms with Gasteiger partial charge in [0, 0.05) is 17.7 Å². The molecule has 0 spiro atoms. The number of methoxy groups -OCH3 is 1. The molecule has 0 aliphatic heterocycles. The van der Waals surface area contributed by atoms with Crippen LogP contribution in [0.4, 0.5) is 8.78 Å². The number of halogens is 2. The van der Waals surface area contributed by atoms with E-state index in [1.807, 2.05) is 0 Å². The van der Waals surface area contributed by atoms with Gasteiger partial charge in [0.15, 0.2) is 5.88 Å². The van der Waals surface area contributed by atoms with Gasteiger partial charge in [-0.15, -0.1) is 0 Å². The minimum absolute atomic E-state index is 0.0396. The number of alkyl halides is 2. The number of H-pyrrole nitrogens is 1. The topological polar surface area (TPSA) is 42.1 Å². The smallest absolute Gasteiger partial charge is 0.264 e. The average molecular weight is 175 g/mol. The van der Waals surface area contributed by atoms with Crippen LogP contribution in [0.3, 0.4) is 0 Å². The predicted octanol–water partition coefficient (Wildman–Crippen LogP) is 1.32. The number of rotatable bonds is 2. The van der Waals surface area contributed by atoms with Crippen molar-refractivity contribution in [2.45, 2.75) is 6.43 Å². The molecule has 1 heterocycles. The fraction of sp³-hybridized carbons (Fsp3) is 0.286. The van der Waals surface area contributed by atoms with Crippen molar-refractivity contribution >= 4 is 0 Å². The number of ether oxygens (including phenoxy) is 1. The highest BCUT2D eigenvalue weighted by Crippen LogP contribution is 2.19. The van der Waals surface area contributed by atoms with Crippen LogP contribution in [-0.4, -0.2) is 12.1 Å². The number of pyridine rings is 1. The Bertz CT molecular complexity index is 321. The molecule has 0 saturated carbocycles. The monoisotopic (exact) mass is 175 g/mol. The van der Waals surface area contributed by atoms with Crippen LogP contribution in [0, 0.1) is 0 Å². The van der Waals surface area contributed by atoms with Crippen LogP contribution < -0.4 is 10.3 Å². The summed E-state index contributed by atoms with van der Waals surface area (Å²) in [4.78, 5) is 12.9. The van der Waals surface area contributed by atoms with E-state index < -0.39 is 12.0 Å². The molecule has 12 heavy (non-hydrogen) atoms. The minimum Gasteiger partial charge on any atom is -0.482 e. The first kappa shape index (κ1) is 8.70. The Morgan fingerprint density at radius 3 is 2.67 bits per heavy atom. The molecule has 0 radical (unpaired) electrons. The third-order valence-corrected chi connectivity index (χ3v) is 1.31. The molecule has 1 N–H and O–H groups in total. The first-order chi connectivity index (χ1) is 5.63. The lowest BCUT2D eigenvalue weighted by atomic mass is 10.3. The van der Waals surface area contributed by atoms with Gasteiger partial charge in [0.2, 0.25) is 0 Å². The maximum atomic E-state index is 12.1. The Hall–Kier alpha value is -1.39. The van der Waals surface area contributed by atoms with Crippen LogP contribution in [0.2, 0.25) is 0 Å². The fourth-order valence-electron chi connectivity index (χ4n) is 0.774. The SMILES string of the molecule is COc1cc(C(F)F)cc(=O)[nH]1. The first-order valence-corrected chi connectivity index (χ1v) is 3.20. The van der Waals surface area contributed by atoms with Gasteiger partial charge >= 0.3 is 0 Å². The van der Waals surface area contributed by atoms with Crippen molar-refractivity contribution in [1.82, 2.24) is 4.98 Å². The molecule has 1 rings (SSSR count). The van der Waals surface area contributed by atoms with Crippen molar-refractivity contribution in [3.05, 3.63) is 28.0 Å². The third kappa shape index (κ3) is 1.81. The second kappa shape index (κ2) is 3.34. The van der Waals surface area contributed by atoms with E-state index in [-0.39, 0.29) is 11.4 Å². The van der Waals surface area contributed by atoms with Crippen molar-refractivity contribution in [2.75, 3.05) is 7.11 Å². The summed E-state index contributed by atoms with van der Waals surface area (Å²) in [6.07, 6.45) is -2.65. The Labute approximate surface area is 67.0 Å². The Morgan fingerprint density at radius 2 is 2.17 bits per heavy atom. The van der Waals surface area contributed by atoms with E-state index in [0.717, 1.165) is 12.1 Å². The van der Waals surface area contributed by atoms with Gasteiger partial charge in [-0.05, 0) is 0 Å². The molecule has 0 aromatic carbocycles. The van der Waals surface area contributed by atoms with E-state index in [0.29, 0.717) is 0 Å². The third-order valence-electron chi connectivity index (χ3n) is 1.31. The molecule has 5 heteroatoms. The van der Waals surface area contributed by atoms with Crippen LogP contribution >= 0.6 is 0 Å². The number of aromatic amines is 1. The highest BCUT2D eigenvalue weighted by molar-refractivity contribution is 5.21. The molecule has 0 unspecified atom stereocenters. The van der Waals surface area contributed by atoms with E-state index in [4.69, 9.17) is 0 Å². The molecule has 1 aromatic heterocycles. The van der Waals surface area contributed by atoms with Crippen molar-refractivity contribution < 1.29 is 13.5 Å². The van der Waals surface area contributed by atoms with Crippen LogP contribution in [-0.2, 0) is 0 Å². The first-order valence-electron chi connectivity index (χ1n) is 3.20. The molecule has 3 nitrogen and oxygen atoms in total. The van der Waals surface area contributed by atoms with E-state index >= 15 is 0 Å². The van der Waals surface area contributed by atoms with E-state index in [9.17, 15) is 13.6 Å². The molecule has 0 atom stereocenters. The largest absolute Gasteiger partial charge is 0.482 e. The summed E-state index contributed by atoms with van der Waals surface area (Å²) in [5.74, 6) is 0.0396. The Morgan fingerprint density at radius 1 is 1.50 bits per heavy atom. The molecule has 0 saturated heterocycles. The Balaban J connectivity index is 3.15. The van der Waals surface area contributed by atoms with E-state index in [1.165, 1.54) is 7.11 Å². The summed E-state index contributed by atoms with van der Waals surface area (Å²) < 4.78 is 28.7. The summed E-state index contributed by atoms with van der Waals surface area (Å²) in [5.41, 5.74) is -0.930. The molecule has 0 fully saturated rings. The molecule has 66 valence electrons. The summed E-state index contributed by atoms with van der Waals surface area (Å²) in [6, 6.07) is 1.93. The molecular formula is C7H7F2NO2. The van der Waals surface area contributed by atoms with Gasteiger partial charge in [-0.25, -0.2) is 8.78 Å². The van der Waals surface area contributed by atoms with Gasteiger partial charge in [0.1, 0.15) is 0 Å². The number of hydrogen-bond donors (Lipinski definition) is 1. The van der Waals surface area contributed by atoms with Crippen molar-refractivity contribution in [3.8, 4) is 5.88 Å². The van der Waals surface area contributed by atoms with Crippen molar-refractivity contribution in [1.29, 1.82) is 0 Å². The summed E-state index contributed by atoms with van der Waals surface area (Å²) >= 11 is 0. The average Bonchev–Trinajstić information content (AvgIpc) is 2.03. The highest BCUT2D eigenvalue weighted by Gasteiger charge is 2.08. The second-order valence-electron chi connectivity index (χ2n) is 2.15. The lowest BCUT2D eigenvalue weighted by Gasteiger charge is -2.01. The second-order valence-corrected chi connectivity index (χ2v) is 2.15. The van der Waals surface area contributed by atoms with Crippen molar-refractivity contribution in [2.24, 2.45) is 0 Å². The summed E-state index contributed by atoms with van der Waals surface area (Å²) in [7, 11) is 1.29. The zero-order chi connectivity index (χ0) is 9.14. The van der Waals surface area contributed by atoms with Gasteiger partial charge in [0.25, 0.3) is 12.0 Å². The molecule has 0 aliphatic carbocycles. The maximum absolute atomic E-state index is 12.1. The highest BCUT2D eigenvalue weighted by atomic mass is 19.3. The van der Waals surface area contributed by atoms with E-state index in [2.05, 4.69) is 9.72 Å². The lowest BCUT2D eigenvalue weighted by molar-refractivity contribution is 0.150. The van der Waals surface area contributed by atoms with Gasteiger partial charge in [0.05, 0.1) is 7.11 Å². The standard InChI is InChI=1S/C7H7F2NO2/c1-12-6-3-4(7(8)9)2-5(11)10-6/h2-3,7H,1H3,(H,10,11). The van der Waals surface area contributed by atoms with Crippen molar-refractivity contribution in [3.63, 3.8) is 0 Å². The van der Waals surface area contributed by atoms with Gasteiger partial charge in [-0.3, -0.25) is 9.78 Å². The number of hydrogen-bond acceptors (Lipinski definition) is 2.